The van der Waals surface area contributed by atoms with E-state index in [4.69, 9.17) is 4.43 Å². The van der Waals surface area contributed by atoms with Gasteiger partial charge in [0.25, 0.3) is 0 Å². The smallest absolute Gasteiger partial charge is 0.192 e. The minimum Gasteiger partial charge on any atom is -0.411 e. The molecule has 21 heavy (non-hydrogen) atoms. The molecule has 0 radical (unpaired) electrons. The van der Waals surface area contributed by atoms with Gasteiger partial charge in [-0.2, -0.15) is 0 Å². The molecule has 0 aliphatic rings. The van der Waals surface area contributed by atoms with Crippen LogP contribution in [0.5, 0.6) is 0 Å². The van der Waals surface area contributed by atoms with Gasteiger partial charge in [-0.05, 0) is 37.4 Å². The predicted molar refractivity (Wildman–Crippen MR) is 99.6 cm³/mol. The van der Waals surface area contributed by atoms with E-state index in [0.717, 1.165) is 0 Å². The molecule has 0 aliphatic carbocycles. The maximum absolute atomic E-state index is 7.04. The van der Waals surface area contributed by atoms with Crippen molar-refractivity contribution in [1.29, 1.82) is 0 Å². The van der Waals surface area contributed by atoms with E-state index in [1.165, 1.54) is 57.8 Å². The van der Waals surface area contributed by atoms with Crippen LogP contribution in [0.25, 0.3) is 0 Å². The molecule has 1 nitrogen and oxygen atoms in total. The third kappa shape index (κ3) is 7.32. The summed E-state index contributed by atoms with van der Waals surface area (Å²) >= 11 is 0. The lowest BCUT2D eigenvalue weighted by molar-refractivity contribution is 0.0207. The molecule has 0 rings (SSSR count). The van der Waals surface area contributed by atoms with Crippen molar-refractivity contribution in [2.75, 3.05) is 0 Å². The molecule has 0 aromatic rings. The summed E-state index contributed by atoms with van der Waals surface area (Å²) in [5.74, 6) is 0. The molecule has 0 atom stereocenters. The highest BCUT2D eigenvalue weighted by Crippen LogP contribution is 2.43. The van der Waals surface area contributed by atoms with E-state index >= 15 is 0 Å². The van der Waals surface area contributed by atoms with Gasteiger partial charge in [0.1, 0.15) is 0 Å². The Balaban J connectivity index is 5.20. The molecule has 0 saturated carbocycles. The molecule has 0 unspecified atom stereocenters. The van der Waals surface area contributed by atoms with E-state index in [2.05, 4.69) is 54.6 Å². The van der Waals surface area contributed by atoms with Crippen molar-refractivity contribution in [1.82, 2.24) is 0 Å². The van der Waals surface area contributed by atoms with Crippen LogP contribution >= 0.6 is 0 Å². The van der Waals surface area contributed by atoms with Gasteiger partial charge in [0, 0.05) is 0 Å². The fraction of sp³-hybridized carbons (Fsp3) is 1.00. The van der Waals surface area contributed by atoms with E-state index in [9.17, 15) is 0 Å². The van der Waals surface area contributed by atoms with Crippen LogP contribution < -0.4 is 0 Å². The van der Waals surface area contributed by atoms with Crippen LogP contribution in [0.1, 0.15) is 99.3 Å². The van der Waals surface area contributed by atoms with Gasteiger partial charge in [0.2, 0.25) is 0 Å². The fourth-order valence-corrected chi connectivity index (χ4v) is 4.41. The van der Waals surface area contributed by atoms with Gasteiger partial charge >= 0.3 is 0 Å². The highest BCUT2D eigenvalue weighted by atomic mass is 28.4. The van der Waals surface area contributed by atoms with Crippen LogP contribution in [-0.2, 0) is 4.43 Å². The second-order valence-electron chi connectivity index (χ2n) is 8.36. The van der Waals surface area contributed by atoms with Crippen LogP contribution in [0.4, 0.5) is 0 Å². The van der Waals surface area contributed by atoms with Crippen molar-refractivity contribution in [3.05, 3.63) is 0 Å². The van der Waals surface area contributed by atoms with Gasteiger partial charge in [0.15, 0.2) is 8.32 Å². The molecular formula is C19H42OSi. The van der Waals surface area contributed by atoms with Crippen molar-refractivity contribution in [2.45, 2.75) is 123 Å². The van der Waals surface area contributed by atoms with Gasteiger partial charge in [-0.1, -0.05) is 80.1 Å². The minimum absolute atomic E-state index is 0.158. The molecule has 2 heteroatoms. The topological polar surface area (TPSA) is 9.23 Å². The summed E-state index contributed by atoms with van der Waals surface area (Å²) in [4.78, 5) is 0. The molecule has 0 fully saturated rings. The Bertz CT molecular complexity index is 243. The molecule has 0 N–H and O–H groups in total. The zero-order chi connectivity index (χ0) is 16.6. The average Bonchev–Trinajstić information content (AvgIpc) is 2.38. The first-order valence-corrected chi connectivity index (χ1v) is 12.2. The Hall–Kier alpha value is 0.177. The molecule has 128 valence electrons. The van der Waals surface area contributed by atoms with Crippen molar-refractivity contribution in [3.8, 4) is 0 Å². The zero-order valence-corrected chi connectivity index (χ0v) is 17.3. The number of unbranched alkanes of at least 4 members (excludes halogenated alkanes) is 3. The van der Waals surface area contributed by atoms with Gasteiger partial charge in [-0.3, -0.25) is 0 Å². The predicted octanol–water partition coefficient (Wildman–Crippen LogP) is 7.32. The Morgan fingerprint density at radius 1 is 0.714 bits per heavy atom. The maximum atomic E-state index is 7.04. The lowest BCUT2D eigenvalue weighted by atomic mass is 9.86. The second kappa shape index (κ2) is 9.35. The Morgan fingerprint density at radius 3 is 1.29 bits per heavy atom. The number of hydrogen-bond donors (Lipinski definition) is 0. The van der Waals surface area contributed by atoms with Crippen LogP contribution in [0.15, 0.2) is 0 Å². The molecule has 0 aliphatic heterocycles. The lowest BCUT2D eigenvalue weighted by Crippen LogP contribution is -2.50. The minimum atomic E-state index is -1.69. The molecule has 0 spiro atoms. The van der Waals surface area contributed by atoms with Crippen LogP contribution in [0, 0.1) is 0 Å². The van der Waals surface area contributed by atoms with Crippen molar-refractivity contribution in [2.24, 2.45) is 0 Å². The van der Waals surface area contributed by atoms with E-state index in [-0.39, 0.29) is 5.60 Å². The van der Waals surface area contributed by atoms with Crippen molar-refractivity contribution in [3.63, 3.8) is 0 Å². The zero-order valence-electron chi connectivity index (χ0n) is 16.3. The van der Waals surface area contributed by atoms with E-state index in [1.54, 1.807) is 0 Å². The lowest BCUT2D eigenvalue weighted by Gasteiger charge is -2.46. The SMILES string of the molecule is CCCCC(CCCC)(CCCC)O[Si](C)(C)C(C)(C)C. The molecular weight excluding hydrogens is 272 g/mol. The standard InChI is InChI=1S/C19H42OSi/c1-9-12-15-19(16-13-10-2,17-14-11-3)20-21(7,8)18(4,5)6/h9-17H2,1-8H3. The molecule has 0 amide bonds. The van der Waals surface area contributed by atoms with Gasteiger partial charge in [-0.15, -0.1) is 0 Å². The summed E-state index contributed by atoms with van der Waals surface area (Å²) in [7, 11) is -1.69. The average molecular weight is 315 g/mol. The quantitative estimate of drug-likeness (QED) is 0.363. The second-order valence-corrected chi connectivity index (χ2v) is 13.1. The third-order valence-electron chi connectivity index (χ3n) is 5.24. The Morgan fingerprint density at radius 2 is 1.05 bits per heavy atom. The first-order valence-electron chi connectivity index (χ1n) is 9.34. The summed E-state index contributed by atoms with van der Waals surface area (Å²) in [6, 6.07) is 0. The maximum Gasteiger partial charge on any atom is 0.192 e. The molecule has 0 bridgehead atoms. The van der Waals surface area contributed by atoms with Gasteiger partial charge in [0.05, 0.1) is 5.60 Å². The molecule has 0 aromatic heterocycles. The third-order valence-corrected chi connectivity index (χ3v) is 9.79. The van der Waals surface area contributed by atoms with Crippen molar-refractivity contribution < 1.29 is 4.43 Å². The van der Waals surface area contributed by atoms with E-state index in [1.807, 2.05) is 0 Å². The first kappa shape index (κ1) is 21.2. The summed E-state index contributed by atoms with van der Waals surface area (Å²) in [6.07, 6.45) is 11.5. The summed E-state index contributed by atoms with van der Waals surface area (Å²) in [5, 5.41) is 0.308. The number of hydrogen-bond acceptors (Lipinski definition) is 1. The molecule has 0 saturated heterocycles. The van der Waals surface area contributed by atoms with Crippen LogP contribution in [0.3, 0.4) is 0 Å². The summed E-state index contributed by atoms with van der Waals surface area (Å²) in [6.45, 7) is 18.8. The van der Waals surface area contributed by atoms with E-state index < -0.39 is 8.32 Å². The molecule has 0 heterocycles. The molecule has 0 aromatic carbocycles. The normalized spacial score (nSPS) is 13.7. The van der Waals surface area contributed by atoms with Crippen LogP contribution in [-0.4, -0.2) is 13.9 Å². The fourth-order valence-electron chi connectivity index (χ4n) is 2.72. The van der Waals surface area contributed by atoms with E-state index in [0.29, 0.717) is 5.04 Å². The highest BCUT2D eigenvalue weighted by molar-refractivity contribution is 6.74. The van der Waals surface area contributed by atoms with Crippen LogP contribution in [0.2, 0.25) is 18.1 Å². The van der Waals surface area contributed by atoms with Crippen molar-refractivity contribution >= 4 is 8.32 Å². The monoisotopic (exact) mass is 314 g/mol. The Kier molecular flexibility index (Phi) is 9.42. The highest BCUT2D eigenvalue weighted by Gasteiger charge is 2.43. The Labute approximate surface area is 136 Å². The largest absolute Gasteiger partial charge is 0.411 e. The summed E-state index contributed by atoms with van der Waals surface area (Å²) < 4.78 is 7.04. The summed E-state index contributed by atoms with van der Waals surface area (Å²) in [5.41, 5.74) is 0.158. The first-order chi connectivity index (χ1) is 9.64. The number of rotatable bonds is 11. The van der Waals surface area contributed by atoms with Gasteiger partial charge in [-0.25, -0.2) is 0 Å². The van der Waals surface area contributed by atoms with Gasteiger partial charge < -0.3 is 4.43 Å².